The highest BCUT2D eigenvalue weighted by Crippen LogP contribution is 2.29. The molecule has 0 spiro atoms. The number of allylic oxidation sites excluding steroid dienone is 1. The van der Waals surface area contributed by atoms with E-state index in [0.717, 1.165) is 28.0 Å². The van der Waals surface area contributed by atoms with Crippen LogP contribution in [0.4, 0.5) is 0 Å². The van der Waals surface area contributed by atoms with Gasteiger partial charge in [-0.1, -0.05) is 32.3 Å². The number of hydrogen-bond donors (Lipinski definition) is 1. The number of phenols is 1. The van der Waals surface area contributed by atoms with Crippen LogP contribution < -0.4 is 0 Å². The molecule has 0 aliphatic rings. The van der Waals surface area contributed by atoms with Crippen molar-refractivity contribution in [3.63, 3.8) is 0 Å². The van der Waals surface area contributed by atoms with E-state index in [1.165, 1.54) is 41.7 Å². The number of aryl methyl sites for hydroxylation is 4. The van der Waals surface area contributed by atoms with E-state index >= 15 is 0 Å². The Morgan fingerprint density at radius 2 is 1.54 bits per heavy atom. The van der Waals surface area contributed by atoms with E-state index in [1.54, 1.807) is 6.08 Å². The van der Waals surface area contributed by atoms with Crippen molar-refractivity contribution < 1.29 is 9.90 Å². The lowest BCUT2D eigenvalue weighted by Crippen LogP contribution is -1.98. The molecule has 2 aromatic carbocycles. The molecule has 0 heterocycles. The van der Waals surface area contributed by atoms with Crippen LogP contribution in [0.3, 0.4) is 0 Å². The average Bonchev–Trinajstić information content (AvgIpc) is 2.65. The molecule has 3 heteroatoms. The summed E-state index contributed by atoms with van der Waals surface area (Å²) in [5, 5.41) is 9.88. The predicted molar refractivity (Wildman–Crippen MR) is 122 cm³/mol. The van der Waals surface area contributed by atoms with Crippen LogP contribution in [0.15, 0.2) is 35.2 Å². The SMILES string of the molecule is CCCCCCSc1c(C)cc(C(=O)/C=C/c2cc(C)c(O)c(C)c2)cc1C. The van der Waals surface area contributed by atoms with Crippen LogP contribution in [0.25, 0.3) is 6.08 Å². The number of thioether (sulfide) groups is 1. The van der Waals surface area contributed by atoms with Crippen LogP contribution in [0, 0.1) is 27.7 Å². The van der Waals surface area contributed by atoms with Gasteiger partial charge in [-0.15, -0.1) is 11.8 Å². The Hall–Kier alpha value is -2.00. The third-order valence-corrected chi connectivity index (χ3v) is 6.36. The first-order valence-electron chi connectivity index (χ1n) is 10.1. The summed E-state index contributed by atoms with van der Waals surface area (Å²) < 4.78 is 0. The van der Waals surface area contributed by atoms with Crippen LogP contribution in [-0.2, 0) is 0 Å². The van der Waals surface area contributed by atoms with Crippen molar-refractivity contribution in [2.75, 3.05) is 5.75 Å². The molecule has 1 N–H and O–H groups in total. The summed E-state index contributed by atoms with van der Waals surface area (Å²) in [6.07, 6.45) is 8.54. The minimum absolute atomic E-state index is 0.00840. The minimum Gasteiger partial charge on any atom is -0.507 e. The van der Waals surface area contributed by atoms with Gasteiger partial charge in [0.05, 0.1) is 0 Å². The maximum absolute atomic E-state index is 12.7. The monoisotopic (exact) mass is 396 g/mol. The zero-order chi connectivity index (χ0) is 20.7. The molecule has 0 aliphatic heterocycles. The highest BCUT2D eigenvalue weighted by Gasteiger charge is 2.10. The third-order valence-electron chi connectivity index (χ3n) is 4.93. The molecule has 0 aromatic heterocycles. The summed E-state index contributed by atoms with van der Waals surface area (Å²) in [4.78, 5) is 14.0. The Bertz CT molecular complexity index is 819. The van der Waals surface area contributed by atoms with Gasteiger partial charge in [-0.2, -0.15) is 0 Å². The van der Waals surface area contributed by atoms with Gasteiger partial charge in [-0.3, -0.25) is 4.79 Å². The number of phenolic OH excluding ortho intramolecular Hbond substituents is 1. The van der Waals surface area contributed by atoms with E-state index in [-0.39, 0.29) is 5.78 Å². The number of unbranched alkanes of at least 4 members (excludes halogenated alkanes) is 3. The molecular formula is C25H32O2S. The zero-order valence-corrected chi connectivity index (χ0v) is 18.6. The molecule has 0 amide bonds. The largest absolute Gasteiger partial charge is 0.507 e. The highest BCUT2D eigenvalue weighted by atomic mass is 32.2. The normalized spacial score (nSPS) is 11.3. The molecule has 2 rings (SSSR count). The Morgan fingerprint density at radius 1 is 0.929 bits per heavy atom. The van der Waals surface area contributed by atoms with Crippen molar-refractivity contribution in [3.8, 4) is 5.75 Å². The maximum Gasteiger partial charge on any atom is 0.185 e. The topological polar surface area (TPSA) is 37.3 Å². The molecule has 0 saturated carbocycles. The molecule has 0 radical (unpaired) electrons. The van der Waals surface area contributed by atoms with Gasteiger partial charge in [0.1, 0.15) is 5.75 Å². The lowest BCUT2D eigenvalue weighted by Gasteiger charge is -2.11. The smallest absolute Gasteiger partial charge is 0.185 e. The molecule has 0 saturated heterocycles. The van der Waals surface area contributed by atoms with E-state index in [1.807, 2.05) is 56.0 Å². The summed E-state index contributed by atoms with van der Waals surface area (Å²) in [6.45, 7) is 10.2. The second-order valence-corrected chi connectivity index (χ2v) is 8.65. The van der Waals surface area contributed by atoms with Crippen LogP contribution in [0.1, 0.15) is 70.8 Å². The first kappa shape index (κ1) is 22.3. The van der Waals surface area contributed by atoms with Crippen molar-refractivity contribution >= 4 is 23.6 Å². The fraction of sp³-hybridized carbons (Fsp3) is 0.400. The fourth-order valence-electron chi connectivity index (χ4n) is 3.38. The van der Waals surface area contributed by atoms with Gasteiger partial charge in [0.2, 0.25) is 0 Å². The predicted octanol–water partition coefficient (Wildman–Crippen LogP) is 7.19. The molecule has 0 aliphatic carbocycles. The second kappa shape index (κ2) is 10.5. The molecule has 0 bridgehead atoms. The number of rotatable bonds is 9. The Balaban J connectivity index is 2.09. The van der Waals surface area contributed by atoms with Crippen molar-refractivity contribution in [2.45, 2.75) is 65.2 Å². The molecule has 150 valence electrons. The highest BCUT2D eigenvalue weighted by molar-refractivity contribution is 7.99. The first-order valence-corrected chi connectivity index (χ1v) is 11.1. The lowest BCUT2D eigenvalue weighted by atomic mass is 10.0. The minimum atomic E-state index is 0.00840. The molecule has 0 unspecified atom stereocenters. The number of ketones is 1. The quantitative estimate of drug-likeness (QED) is 0.211. The third kappa shape index (κ3) is 6.00. The molecule has 0 atom stereocenters. The van der Waals surface area contributed by atoms with Gasteiger partial charge in [0, 0.05) is 10.5 Å². The van der Waals surface area contributed by atoms with E-state index in [9.17, 15) is 9.90 Å². The maximum atomic E-state index is 12.7. The van der Waals surface area contributed by atoms with Crippen molar-refractivity contribution in [2.24, 2.45) is 0 Å². The van der Waals surface area contributed by atoms with Crippen LogP contribution in [0.5, 0.6) is 5.75 Å². The molecule has 2 nitrogen and oxygen atoms in total. The van der Waals surface area contributed by atoms with E-state index < -0.39 is 0 Å². The Kier molecular flexibility index (Phi) is 8.37. The van der Waals surface area contributed by atoms with Gasteiger partial charge < -0.3 is 5.11 Å². The van der Waals surface area contributed by atoms with E-state index in [0.29, 0.717) is 5.75 Å². The van der Waals surface area contributed by atoms with Gasteiger partial charge in [0.15, 0.2) is 5.78 Å². The standard InChI is InChI=1S/C25H32O2S/c1-6-7-8-9-12-28-25-19(4)15-22(16-20(25)5)23(26)11-10-21-13-17(2)24(27)18(3)14-21/h10-11,13-16,27H,6-9,12H2,1-5H3/b11-10+. The van der Waals surface area contributed by atoms with Crippen molar-refractivity contribution in [1.29, 1.82) is 0 Å². The van der Waals surface area contributed by atoms with Crippen LogP contribution in [-0.4, -0.2) is 16.6 Å². The van der Waals surface area contributed by atoms with Crippen molar-refractivity contribution in [1.82, 2.24) is 0 Å². The Labute approximate surface area is 174 Å². The fourth-order valence-corrected chi connectivity index (χ4v) is 4.50. The first-order chi connectivity index (χ1) is 13.3. The number of aromatic hydroxyl groups is 1. The van der Waals surface area contributed by atoms with Crippen molar-refractivity contribution in [3.05, 3.63) is 63.7 Å². The summed E-state index contributed by atoms with van der Waals surface area (Å²) in [5.41, 5.74) is 5.64. The summed E-state index contributed by atoms with van der Waals surface area (Å²) in [6, 6.07) is 7.78. The van der Waals surface area contributed by atoms with E-state index in [2.05, 4.69) is 20.8 Å². The molecule has 2 aromatic rings. The molecule has 0 fully saturated rings. The average molecular weight is 397 g/mol. The van der Waals surface area contributed by atoms with Gasteiger partial charge in [-0.05, 0) is 98.0 Å². The number of carbonyl (C=O) groups excluding carboxylic acids is 1. The number of benzene rings is 2. The summed E-state index contributed by atoms with van der Waals surface area (Å²) in [7, 11) is 0. The molecular weight excluding hydrogens is 364 g/mol. The van der Waals surface area contributed by atoms with Gasteiger partial charge in [-0.25, -0.2) is 0 Å². The summed E-state index contributed by atoms with van der Waals surface area (Å²) >= 11 is 1.91. The lowest BCUT2D eigenvalue weighted by molar-refractivity contribution is 0.104. The molecule has 28 heavy (non-hydrogen) atoms. The van der Waals surface area contributed by atoms with Gasteiger partial charge >= 0.3 is 0 Å². The number of hydrogen-bond acceptors (Lipinski definition) is 3. The van der Waals surface area contributed by atoms with Crippen LogP contribution in [0.2, 0.25) is 0 Å². The van der Waals surface area contributed by atoms with Gasteiger partial charge in [0.25, 0.3) is 0 Å². The second-order valence-electron chi connectivity index (χ2n) is 7.55. The number of carbonyl (C=O) groups is 1. The summed E-state index contributed by atoms with van der Waals surface area (Å²) in [5.74, 6) is 1.46. The Morgan fingerprint density at radius 3 is 2.11 bits per heavy atom. The van der Waals surface area contributed by atoms with Crippen LogP contribution >= 0.6 is 11.8 Å². The zero-order valence-electron chi connectivity index (χ0n) is 17.8. The van der Waals surface area contributed by atoms with E-state index in [4.69, 9.17) is 0 Å².